The van der Waals surface area contributed by atoms with Gasteiger partial charge in [-0.25, -0.2) is 0 Å². The monoisotopic (exact) mass is 501 g/mol. The lowest BCUT2D eigenvalue weighted by Gasteiger charge is -2.30. The highest BCUT2D eigenvalue weighted by Gasteiger charge is 2.28. The second kappa shape index (κ2) is 8.61. The third-order valence-electron chi connectivity index (χ3n) is 8.41. The van der Waals surface area contributed by atoms with Crippen LogP contribution in [0.4, 0.5) is 0 Å². The Balaban J connectivity index is 1.45. The Morgan fingerprint density at radius 3 is 2.13 bits per heavy atom. The summed E-state index contributed by atoms with van der Waals surface area (Å²) in [6.45, 7) is 2.35. The van der Waals surface area contributed by atoms with Crippen LogP contribution >= 0.6 is 0 Å². The molecule has 0 spiro atoms. The molecule has 2 atom stereocenters. The van der Waals surface area contributed by atoms with Crippen molar-refractivity contribution in [2.24, 2.45) is 5.92 Å². The van der Waals surface area contributed by atoms with Crippen LogP contribution < -0.4 is 0 Å². The zero-order valence-corrected chi connectivity index (χ0v) is 21.7. The molecule has 0 saturated carbocycles. The Labute approximate surface area is 227 Å². The van der Waals surface area contributed by atoms with Crippen molar-refractivity contribution >= 4 is 55.0 Å². The van der Waals surface area contributed by atoms with Crippen molar-refractivity contribution < 1.29 is 4.42 Å². The van der Waals surface area contributed by atoms with E-state index in [0.717, 1.165) is 21.9 Å². The number of allylic oxidation sites excluding steroid dienone is 4. The summed E-state index contributed by atoms with van der Waals surface area (Å²) >= 11 is 0. The van der Waals surface area contributed by atoms with Crippen LogP contribution in [0.2, 0.25) is 0 Å². The molecule has 5 aromatic carbocycles. The van der Waals surface area contributed by atoms with Gasteiger partial charge in [-0.3, -0.25) is 0 Å². The number of aromatic nitrogens is 1. The number of benzene rings is 5. The fourth-order valence-corrected chi connectivity index (χ4v) is 6.55. The summed E-state index contributed by atoms with van der Waals surface area (Å²) in [5.74, 6) is 0.598. The number of furan rings is 1. The van der Waals surface area contributed by atoms with Crippen molar-refractivity contribution in [1.29, 1.82) is 0 Å². The Morgan fingerprint density at radius 2 is 1.31 bits per heavy atom. The highest BCUT2D eigenvalue weighted by molar-refractivity contribution is 6.24. The number of hydrogen-bond acceptors (Lipinski definition) is 1. The van der Waals surface area contributed by atoms with Gasteiger partial charge in [0.2, 0.25) is 0 Å². The van der Waals surface area contributed by atoms with Crippen LogP contribution in [0.3, 0.4) is 0 Å². The second-order valence-corrected chi connectivity index (χ2v) is 10.6. The maximum Gasteiger partial charge on any atom is 0.145 e. The van der Waals surface area contributed by atoms with E-state index in [1.807, 2.05) is 6.07 Å². The summed E-state index contributed by atoms with van der Waals surface area (Å²) in [6, 6.07) is 43.3. The van der Waals surface area contributed by atoms with Gasteiger partial charge in [-0.05, 0) is 53.0 Å². The normalized spacial score (nSPS) is 17.7. The van der Waals surface area contributed by atoms with Crippen LogP contribution in [0, 0.1) is 5.92 Å². The van der Waals surface area contributed by atoms with Gasteiger partial charge in [0.1, 0.15) is 11.2 Å². The third-order valence-corrected chi connectivity index (χ3v) is 8.41. The van der Waals surface area contributed by atoms with Gasteiger partial charge in [-0.1, -0.05) is 110 Å². The van der Waals surface area contributed by atoms with Gasteiger partial charge in [-0.15, -0.1) is 0 Å². The largest absolute Gasteiger partial charge is 0.455 e. The molecule has 186 valence electrons. The van der Waals surface area contributed by atoms with Gasteiger partial charge >= 0.3 is 0 Å². The minimum absolute atomic E-state index is 0.257. The standard InChI is InChI=1S/C37H27NO/c1-24-31(25-12-4-2-5-13-25)22-27(23-32(24)26-14-6-3-7-15-26)38-33-18-10-8-17-30(33)36-34(38)21-20-29-28-16-9-11-19-35(28)39-37(29)36/h2-24,31H,1H3. The SMILES string of the molecule is CC1C(c2ccccc2)=CC(n2c3ccccc3c3c4oc5ccccc5c4ccc32)=CC1c1ccccc1. The molecule has 0 bridgehead atoms. The molecule has 2 unspecified atom stereocenters. The smallest absolute Gasteiger partial charge is 0.145 e. The van der Waals surface area contributed by atoms with E-state index < -0.39 is 0 Å². The first kappa shape index (κ1) is 22.2. The first-order chi connectivity index (χ1) is 19.3. The lowest BCUT2D eigenvalue weighted by atomic mass is 9.76. The summed E-state index contributed by atoms with van der Waals surface area (Å²) < 4.78 is 8.96. The molecule has 0 N–H and O–H groups in total. The molecular formula is C37H27NO. The van der Waals surface area contributed by atoms with Crippen molar-refractivity contribution in [3.8, 4) is 0 Å². The molecule has 0 fully saturated rings. The molecule has 2 nitrogen and oxygen atoms in total. The lowest BCUT2D eigenvalue weighted by molar-refractivity contribution is 0.653. The zero-order valence-electron chi connectivity index (χ0n) is 21.7. The van der Waals surface area contributed by atoms with Crippen molar-refractivity contribution in [2.75, 3.05) is 0 Å². The molecule has 1 aliphatic rings. The molecule has 2 heteroatoms. The lowest BCUT2D eigenvalue weighted by Crippen LogP contribution is -2.15. The summed E-state index contributed by atoms with van der Waals surface area (Å²) in [5, 5.41) is 4.70. The van der Waals surface area contributed by atoms with Gasteiger partial charge < -0.3 is 8.98 Å². The molecule has 7 aromatic rings. The van der Waals surface area contributed by atoms with Crippen molar-refractivity contribution in [1.82, 2.24) is 4.57 Å². The zero-order chi connectivity index (χ0) is 25.9. The Bertz CT molecular complexity index is 2070. The first-order valence-electron chi connectivity index (χ1n) is 13.7. The number of para-hydroxylation sites is 2. The predicted octanol–water partition coefficient (Wildman–Crippen LogP) is 10.1. The van der Waals surface area contributed by atoms with Crippen LogP contribution in [-0.4, -0.2) is 4.57 Å². The highest BCUT2D eigenvalue weighted by atomic mass is 16.3. The van der Waals surface area contributed by atoms with Crippen molar-refractivity contribution in [3.63, 3.8) is 0 Å². The van der Waals surface area contributed by atoms with Gasteiger partial charge in [0.15, 0.2) is 0 Å². The van der Waals surface area contributed by atoms with Crippen LogP contribution in [0.5, 0.6) is 0 Å². The number of fused-ring (bicyclic) bond motifs is 7. The van der Waals surface area contributed by atoms with Crippen LogP contribution in [0.25, 0.3) is 55.0 Å². The minimum atomic E-state index is 0.257. The first-order valence-corrected chi connectivity index (χ1v) is 13.7. The number of rotatable bonds is 3. The summed E-state index contributed by atoms with van der Waals surface area (Å²) in [5.41, 5.74) is 9.41. The predicted molar refractivity (Wildman–Crippen MR) is 164 cm³/mol. The van der Waals surface area contributed by atoms with Gasteiger partial charge in [0.05, 0.1) is 16.4 Å². The maximum atomic E-state index is 6.52. The van der Waals surface area contributed by atoms with Crippen molar-refractivity contribution in [3.05, 3.63) is 145 Å². The molecule has 8 rings (SSSR count). The van der Waals surface area contributed by atoms with Crippen molar-refractivity contribution in [2.45, 2.75) is 12.8 Å². The van der Waals surface area contributed by atoms with Gasteiger partial charge in [0.25, 0.3) is 0 Å². The average Bonchev–Trinajstić information content (AvgIpc) is 3.54. The van der Waals surface area contributed by atoms with E-state index in [2.05, 4.69) is 139 Å². The topological polar surface area (TPSA) is 18.1 Å². The molecule has 0 amide bonds. The van der Waals surface area contributed by atoms with E-state index in [4.69, 9.17) is 4.42 Å². The highest BCUT2D eigenvalue weighted by Crippen LogP contribution is 2.45. The molecule has 39 heavy (non-hydrogen) atoms. The van der Waals surface area contributed by atoms with Crippen LogP contribution in [0.1, 0.15) is 24.0 Å². The summed E-state index contributed by atoms with van der Waals surface area (Å²) in [4.78, 5) is 0. The molecule has 0 saturated heterocycles. The van der Waals surface area contributed by atoms with Crippen LogP contribution in [-0.2, 0) is 0 Å². The Morgan fingerprint density at radius 1 is 0.615 bits per heavy atom. The van der Waals surface area contributed by atoms with Gasteiger partial charge in [0, 0.05) is 27.8 Å². The van der Waals surface area contributed by atoms with E-state index in [-0.39, 0.29) is 5.92 Å². The van der Waals surface area contributed by atoms with E-state index >= 15 is 0 Å². The molecular weight excluding hydrogens is 474 g/mol. The maximum absolute atomic E-state index is 6.52. The Kier molecular flexibility index (Phi) is 4.90. The fraction of sp³-hybridized carbons (Fsp3) is 0.0811. The minimum Gasteiger partial charge on any atom is -0.455 e. The second-order valence-electron chi connectivity index (χ2n) is 10.6. The van der Waals surface area contributed by atoms with E-state index in [9.17, 15) is 0 Å². The molecule has 2 heterocycles. The van der Waals surface area contributed by atoms with Crippen LogP contribution in [0.15, 0.2) is 138 Å². The molecule has 2 aromatic heterocycles. The molecule has 0 aliphatic heterocycles. The summed E-state index contributed by atoms with van der Waals surface area (Å²) in [6.07, 6.45) is 4.86. The molecule has 1 aliphatic carbocycles. The quantitative estimate of drug-likeness (QED) is 0.236. The summed E-state index contributed by atoms with van der Waals surface area (Å²) in [7, 11) is 0. The Hall–Kier alpha value is -4.82. The number of hydrogen-bond donors (Lipinski definition) is 0. The van der Waals surface area contributed by atoms with Gasteiger partial charge in [-0.2, -0.15) is 0 Å². The average molecular weight is 502 g/mol. The third kappa shape index (κ3) is 3.35. The molecule has 0 radical (unpaired) electrons. The van der Waals surface area contributed by atoms with E-state index in [0.29, 0.717) is 5.92 Å². The fourth-order valence-electron chi connectivity index (χ4n) is 6.55. The van der Waals surface area contributed by atoms with E-state index in [1.54, 1.807) is 0 Å². The number of nitrogens with zero attached hydrogens (tertiary/aromatic N) is 1. The van der Waals surface area contributed by atoms with E-state index in [1.165, 1.54) is 44.2 Å².